The third-order valence-electron chi connectivity index (χ3n) is 3.64. The van der Waals surface area contributed by atoms with Crippen molar-refractivity contribution in [2.24, 2.45) is 0 Å². The van der Waals surface area contributed by atoms with Gasteiger partial charge in [-0.1, -0.05) is 17.7 Å². The maximum Gasteiger partial charge on any atom is 0.230 e. The van der Waals surface area contributed by atoms with Gasteiger partial charge in [0, 0.05) is 5.69 Å². The number of hydrogen-bond acceptors (Lipinski definition) is 4. The van der Waals surface area contributed by atoms with E-state index in [1.165, 1.54) is 0 Å². The molecule has 0 unspecified atom stereocenters. The van der Waals surface area contributed by atoms with Crippen molar-refractivity contribution in [3.05, 3.63) is 29.8 Å². The number of nitrogens with one attached hydrogen (secondary N) is 2. The number of aryl methyl sites for hydroxylation is 1. The van der Waals surface area contributed by atoms with Crippen molar-refractivity contribution >= 4 is 17.6 Å². The topological polar surface area (TPSA) is 82.9 Å². The van der Waals surface area contributed by atoms with E-state index in [1.807, 2.05) is 19.1 Å². The van der Waals surface area contributed by atoms with Gasteiger partial charge in [0.15, 0.2) is 0 Å². The summed E-state index contributed by atoms with van der Waals surface area (Å²) in [4.78, 5) is 24.1. The molecule has 1 aliphatic heterocycles. The predicted molar refractivity (Wildman–Crippen MR) is 74.7 cm³/mol. The third kappa shape index (κ3) is 4.54. The summed E-state index contributed by atoms with van der Waals surface area (Å²) in [5, 5.41) is 14.0. The first-order valence-corrected chi connectivity index (χ1v) is 7.06. The fraction of sp³-hybridized carbons (Fsp3) is 0.467. The molecule has 2 N–H and O–H groups in total. The van der Waals surface area contributed by atoms with Crippen LogP contribution in [0.2, 0.25) is 0 Å². The van der Waals surface area contributed by atoms with E-state index in [0.29, 0.717) is 32.0 Å². The number of carbonyl (C=O) groups is 2. The minimum absolute atomic E-state index is 0.0917. The maximum atomic E-state index is 12.0. The lowest BCUT2D eigenvalue weighted by Gasteiger charge is -2.31. The zero-order valence-electron chi connectivity index (χ0n) is 12.1. The molecule has 1 aromatic carbocycles. The normalized spacial score (nSPS) is 17.2. The van der Waals surface area contributed by atoms with Gasteiger partial charge in [0.05, 0.1) is 25.6 Å². The molecule has 1 aromatic rings. The highest BCUT2D eigenvalue weighted by atomic mass is 16.5. The minimum atomic E-state index is -1.19. The van der Waals surface area contributed by atoms with Gasteiger partial charge < -0.3 is 24.9 Å². The number of aliphatic carboxylic acids is 1. The van der Waals surface area contributed by atoms with Gasteiger partial charge in [-0.3, -0.25) is 4.79 Å². The summed E-state index contributed by atoms with van der Waals surface area (Å²) < 4.78 is 5.21. The second-order valence-electron chi connectivity index (χ2n) is 5.26. The van der Waals surface area contributed by atoms with Crippen molar-refractivity contribution < 1.29 is 24.3 Å². The number of morpholine rings is 1. The van der Waals surface area contributed by atoms with Crippen LogP contribution < -0.4 is 15.3 Å². The van der Waals surface area contributed by atoms with Gasteiger partial charge in [0.25, 0.3) is 0 Å². The molecule has 1 fully saturated rings. The van der Waals surface area contributed by atoms with Crippen LogP contribution >= 0.6 is 0 Å². The lowest BCUT2D eigenvalue weighted by Crippen LogP contribution is -3.19. The highest BCUT2D eigenvalue weighted by molar-refractivity contribution is 5.93. The van der Waals surface area contributed by atoms with Gasteiger partial charge in [-0.25, -0.2) is 0 Å². The van der Waals surface area contributed by atoms with Crippen molar-refractivity contribution in [3.63, 3.8) is 0 Å². The first-order chi connectivity index (χ1) is 10.1. The zero-order chi connectivity index (χ0) is 15.2. The number of hydrogen-bond donors (Lipinski definition) is 2. The average Bonchev–Trinajstić information content (AvgIpc) is 2.48. The summed E-state index contributed by atoms with van der Waals surface area (Å²) >= 11 is 0. The fourth-order valence-electron chi connectivity index (χ4n) is 2.41. The monoisotopic (exact) mass is 292 g/mol. The standard InChI is InChI=1S/C15H20N2O4/c1-11-2-4-12(5-3-11)16-14(18)10-13(15(19)20)17-6-8-21-9-7-17/h2-5,13H,6-10H2,1H3,(H,16,18)(H,19,20)/t13-/m0/s1. The third-order valence-corrected chi connectivity index (χ3v) is 3.64. The molecular formula is C15H20N2O4. The molecule has 21 heavy (non-hydrogen) atoms. The minimum Gasteiger partial charge on any atom is -0.544 e. The maximum absolute atomic E-state index is 12.0. The molecule has 0 aliphatic carbocycles. The molecule has 1 amide bonds. The van der Waals surface area contributed by atoms with Crippen LogP contribution in [0.3, 0.4) is 0 Å². The number of carboxylic acids is 1. The summed E-state index contributed by atoms with van der Waals surface area (Å²) in [5.74, 6) is -1.50. The number of carboxylic acid groups (broad SMARTS) is 1. The van der Waals surface area contributed by atoms with E-state index in [1.54, 1.807) is 12.1 Å². The van der Waals surface area contributed by atoms with Crippen LogP contribution in [0.15, 0.2) is 24.3 Å². The smallest absolute Gasteiger partial charge is 0.230 e. The second-order valence-corrected chi connectivity index (χ2v) is 5.26. The molecule has 6 nitrogen and oxygen atoms in total. The molecule has 0 saturated carbocycles. The van der Waals surface area contributed by atoms with Crippen LogP contribution in [0, 0.1) is 6.92 Å². The summed E-state index contributed by atoms with van der Waals surface area (Å²) in [7, 11) is 0. The molecule has 0 spiro atoms. The van der Waals surface area contributed by atoms with E-state index in [9.17, 15) is 14.7 Å². The largest absolute Gasteiger partial charge is 0.544 e. The van der Waals surface area contributed by atoms with Crippen LogP contribution in [0.5, 0.6) is 0 Å². The molecule has 1 aliphatic rings. The summed E-state index contributed by atoms with van der Waals surface area (Å²) in [6.07, 6.45) is -0.0917. The molecule has 1 heterocycles. The number of benzene rings is 1. The quantitative estimate of drug-likeness (QED) is 0.682. The zero-order valence-corrected chi connectivity index (χ0v) is 12.1. The van der Waals surface area contributed by atoms with Crippen LogP contribution in [0.4, 0.5) is 5.69 Å². The van der Waals surface area contributed by atoms with Crippen LogP contribution in [-0.2, 0) is 14.3 Å². The Kier molecular flexibility index (Phi) is 5.30. The van der Waals surface area contributed by atoms with Crippen LogP contribution in [0.1, 0.15) is 12.0 Å². The SMILES string of the molecule is Cc1ccc(NC(=O)C[C@@H](C(=O)[O-])[NH+]2CCOCC2)cc1. The van der Waals surface area contributed by atoms with Crippen molar-refractivity contribution in [2.45, 2.75) is 19.4 Å². The predicted octanol–water partition coefficient (Wildman–Crippen LogP) is -1.64. The number of quaternary nitrogens is 1. The number of ether oxygens (including phenoxy) is 1. The molecule has 1 atom stereocenters. The van der Waals surface area contributed by atoms with E-state index < -0.39 is 12.0 Å². The molecule has 0 radical (unpaired) electrons. The number of rotatable bonds is 5. The molecule has 6 heteroatoms. The highest BCUT2D eigenvalue weighted by Crippen LogP contribution is 2.09. The molecule has 0 aromatic heterocycles. The first kappa shape index (κ1) is 15.5. The van der Waals surface area contributed by atoms with Crippen LogP contribution in [0.25, 0.3) is 0 Å². The van der Waals surface area contributed by atoms with Crippen molar-refractivity contribution in [1.29, 1.82) is 0 Å². The number of amides is 1. The molecule has 1 saturated heterocycles. The van der Waals surface area contributed by atoms with Crippen molar-refractivity contribution in [3.8, 4) is 0 Å². The van der Waals surface area contributed by atoms with Gasteiger partial charge >= 0.3 is 0 Å². The van der Waals surface area contributed by atoms with Crippen molar-refractivity contribution in [2.75, 3.05) is 31.6 Å². The Balaban J connectivity index is 1.94. The summed E-state index contributed by atoms with van der Waals surface area (Å²) in [6.45, 7) is 4.14. The Bertz CT molecular complexity index is 495. The number of anilines is 1. The second kappa shape index (κ2) is 7.19. The highest BCUT2D eigenvalue weighted by Gasteiger charge is 2.28. The Labute approximate surface area is 123 Å². The van der Waals surface area contributed by atoms with E-state index in [4.69, 9.17) is 4.74 Å². The van der Waals surface area contributed by atoms with Gasteiger partial charge in [-0.2, -0.15) is 0 Å². The molecule has 0 bridgehead atoms. The Morgan fingerprint density at radius 1 is 1.29 bits per heavy atom. The van der Waals surface area contributed by atoms with Gasteiger partial charge in [-0.15, -0.1) is 0 Å². The summed E-state index contributed by atoms with van der Waals surface area (Å²) in [5.41, 5.74) is 1.76. The van der Waals surface area contributed by atoms with Crippen molar-refractivity contribution in [1.82, 2.24) is 0 Å². The fourth-order valence-corrected chi connectivity index (χ4v) is 2.41. The average molecular weight is 292 g/mol. The van der Waals surface area contributed by atoms with E-state index in [0.717, 1.165) is 10.5 Å². The van der Waals surface area contributed by atoms with Gasteiger partial charge in [-0.05, 0) is 19.1 Å². The molecular weight excluding hydrogens is 272 g/mol. The number of carbonyl (C=O) groups excluding carboxylic acids is 2. The lowest BCUT2D eigenvalue weighted by molar-refractivity contribution is -0.925. The van der Waals surface area contributed by atoms with Gasteiger partial charge in [0.2, 0.25) is 5.91 Å². The summed E-state index contributed by atoms with van der Waals surface area (Å²) in [6, 6.07) is 6.53. The molecule has 2 rings (SSSR count). The van der Waals surface area contributed by atoms with E-state index >= 15 is 0 Å². The molecule has 114 valence electrons. The van der Waals surface area contributed by atoms with E-state index in [-0.39, 0.29) is 12.3 Å². The van der Waals surface area contributed by atoms with Gasteiger partial charge in [0.1, 0.15) is 19.1 Å². The van der Waals surface area contributed by atoms with E-state index in [2.05, 4.69) is 5.32 Å². The lowest BCUT2D eigenvalue weighted by atomic mass is 10.1. The Hall–Kier alpha value is -1.92. The Morgan fingerprint density at radius 2 is 1.90 bits per heavy atom. The van der Waals surface area contributed by atoms with Crippen LogP contribution in [-0.4, -0.2) is 44.2 Å². The first-order valence-electron chi connectivity index (χ1n) is 7.06. The Morgan fingerprint density at radius 3 is 2.48 bits per heavy atom.